The van der Waals surface area contributed by atoms with Gasteiger partial charge in [-0.15, -0.1) is 12.4 Å². The van der Waals surface area contributed by atoms with Crippen molar-refractivity contribution < 1.29 is 9.53 Å². The van der Waals surface area contributed by atoms with Crippen LogP contribution in [-0.2, 0) is 4.79 Å². The van der Waals surface area contributed by atoms with Crippen LogP contribution in [0, 0.1) is 6.92 Å². The monoisotopic (exact) mass is 300 g/mol. The predicted molar refractivity (Wildman–Crippen MR) is 84.4 cm³/mol. The van der Waals surface area contributed by atoms with Gasteiger partial charge in [0.1, 0.15) is 5.75 Å². The summed E-state index contributed by atoms with van der Waals surface area (Å²) in [5.41, 5.74) is 6.45. The molecule has 5 heteroatoms. The molecule has 3 N–H and O–H groups in total. The molecule has 0 spiro atoms. The van der Waals surface area contributed by atoms with Crippen LogP contribution in [0.4, 0.5) is 0 Å². The van der Waals surface area contributed by atoms with Gasteiger partial charge in [-0.1, -0.05) is 25.1 Å². The Balaban J connectivity index is 0.00000361. The van der Waals surface area contributed by atoms with E-state index in [9.17, 15) is 4.79 Å². The number of aryl methyl sites for hydroxylation is 1. The third-order valence-electron chi connectivity index (χ3n) is 2.96. The second kappa shape index (κ2) is 10.5. The van der Waals surface area contributed by atoms with E-state index in [0.29, 0.717) is 19.5 Å². The first-order chi connectivity index (χ1) is 9.19. The van der Waals surface area contributed by atoms with Crippen LogP contribution in [0.3, 0.4) is 0 Å². The molecule has 0 saturated heterocycles. The first kappa shape index (κ1) is 18.7. The molecule has 1 aromatic rings. The molecule has 0 radical (unpaired) electrons. The molecule has 114 valence electrons. The van der Waals surface area contributed by atoms with Crippen molar-refractivity contribution in [3.05, 3.63) is 29.8 Å². The van der Waals surface area contributed by atoms with E-state index in [0.717, 1.165) is 24.2 Å². The second-order valence-corrected chi connectivity index (χ2v) is 4.57. The topological polar surface area (TPSA) is 64.3 Å². The lowest BCUT2D eigenvalue weighted by atomic mass is 10.2. The molecule has 0 bridgehead atoms. The van der Waals surface area contributed by atoms with E-state index in [1.54, 1.807) is 0 Å². The van der Waals surface area contributed by atoms with Gasteiger partial charge >= 0.3 is 0 Å². The van der Waals surface area contributed by atoms with Gasteiger partial charge in [-0.3, -0.25) is 4.79 Å². The minimum atomic E-state index is -0.432. The molecule has 0 heterocycles. The summed E-state index contributed by atoms with van der Waals surface area (Å²) in [7, 11) is 0. The molecule has 0 saturated carbocycles. The molecule has 0 aliphatic rings. The zero-order chi connectivity index (χ0) is 14.1. The highest BCUT2D eigenvalue weighted by atomic mass is 35.5. The van der Waals surface area contributed by atoms with Gasteiger partial charge < -0.3 is 15.8 Å². The first-order valence-corrected chi connectivity index (χ1v) is 6.89. The molecule has 1 aromatic carbocycles. The summed E-state index contributed by atoms with van der Waals surface area (Å²) in [6.07, 6.45) is 2.05. The van der Waals surface area contributed by atoms with E-state index in [2.05, 4.69) is 5.32 Å². The number of nitrogens with one attached hydrogen (secondary N) is 1. The van der Waals surface area contributed by atoms with E-state index in [1.165, 1.54) is 0 Å². The highest BCUT2D eigenvalue weighted by molar-refractivity contribution is 5.85. The minimum Gasteiger partial charge on any atom is -0.480 e. The molecule has 1 atom stereocenters. The van der Waals surface area contributed by atoms with Crippen molar-refractivity contribution in [3.63, 3.8) is 0 Å². The van der Waals surface area contributed by atoms with Crippen molar-refractivity contribution in [1.29, 1.82) is 0 Å². The number of ether oxygens (including phenoxy) is 1. The van der Waals surface area contributed by atoms with Crippen molar-refractivity contribution in [3.8, 4) is 5.75 Å². The molecule has 1 unspecified atom stereocenters. The summed E-state index contributed by atoms with van der Waals surface area (Å²) in [6.45, 7) is 5.24. The third kappa shape index (κ3) is 6.26. The minimum absolute atomic E-state index is 0. The summed E-state index contributed by atoms with van der Waals surface area (Å²) in [4.78, 5) is 12.0. The summed E-state index contributed by atoms with van der Waals surface area (Å²) in [6, 6.07) is 7.73. The number of carbonyl (C=O) groups is 1. The molecule has 0 fully saturated rings. The molecule has 0 aliphatic carbocycles. The highest BCUT2D eigenvalue weighted by Crippen LogP contribution is 2.18. The first-order valence-electron chi connectivity index (χ1n) is 6.89. The Morgan fingerprint density at radius 1 is 1.35 bits per heavy atom. The Morgan fingerprint density at radius 3 is 2.65 bits per heavy atom. The largest absolute Gasteiger partial charge is 0.480 e. The number of hydrogen-bond donors (Lipinski definition) is 2. The van der Waals surface area contributed by atoms with Crippen molar-refractivity contribution in [2.75, 3.05) is 13.1 Å². The van der Waals surface area contributed by atoms with Crippen LogP contribution >= 0.6 is 12.4 Å². The van der Waals surface area contributed by atoms with Crippen molar-refractivity contribution >= 4 is 18.3 Å². The Morgan fingerprint density at radius 2 is 2.05 bits per heavy atom. The number of unbranched alkanes of at least 4 members (excludes halogenated alkanes) is 1. The van der Waals surface area contributed by atoms with E-state index < -0.39 is 6.10 Å². The Bertz CT molecular complexity index is 399. The van der Waals surface area contributed by atoms with Gasteiger partial charge in [0, 0.05) is 6.54 Å². The van der Waals surface area contributed by atoms with Crippen LogP contribution in [0.15, 0.2) is 24.3 Å². The van der Waals surface area contributed by atoms with Crippen LogP contribution in [0.25, 0.3) is 0 Å². The predicted octanol–water partition coefficient (Wildman–Crippen LogP) is 2.43. The van der Waals surface area contributed by atoms with Crippen LogP contribution < -0.4 is 15.8 Å². The van der Waals surface area contributed by atoms with Crippen molar-refractivity contribution in [2.24, 2.45) is 5.73 Å². The molecule has 20 heavy (non-hydrogen) atoms. The maximum atomic E-state index is 12.0. The number of halogens is 1. The lowest BCUT2D eigenvalue weighted by molar-refractivity contribution is -0.128. The summed E-state index contributed by atoms with van der Waals surface area (Å²) >= 11 is 0. The SMILES string of the molecule is CCC(Oc1ccccc1C)C(=O)NCCCCN.Cl. The maximum absolute atomic E-state index is 12.0. The average molecular weight is 301 g/mol. The van der Waals surface area contributed by atoms with Gasteiger partial charge in [0.15, 0.2) is 6.10 Å². The standard InChI is InChI=1S/C15H24N2O2.ClH/c1-3-13(15(18)17-11-7-6-10-16)19-14-9-5-4-8-12(14)2;/h4-5,8-9,13H,3,6-7,10-11,16H2,1-2H3,(H,17,18);1H. The summed E-state index contributed by atoms with van der Waals surface area (Å²) in [5.74, 6) is 0.717. The van der Waals surface area contributed by atoms with Gasteiger partial charge in [-0.25, -0.2) is 0 Å². The maximum Gasteiger partial charge on any atom is 0.261 e. The molecular weight excluding hydrogens is 276 g/mol. The van der Waals surface area contributed by atoms with E-state index in [-0.39, 0.29) is 18.3 Å². The quantitative estimate of drug-likeness (QED) is 0.725. The zero-order valence-corrected chi connectivity index (χ0v) is 13.0. The number of hydrogen-bond acceptors (Lipinski definition) is 3. The molecule has 0 aliphatic heterocycles. The smallest absolute Gasteiger partial charge is 0.261 e. The fourth-order valence-electron chi connectivity index (χ4n) is 1.76. The van der Waals surface area contributed by atoms with Crippen LogP contribution in [0.5, 0.6) is 5.75 Å². The molecule has 1 amide bonds. The van der Waals surface area contributed by atoms with Crippen molar-refractivity contribution in [1.82, 2.24) is 5.32 Å². The van der Waals surface area contributed by atoms with Crippen LogP contribution in [-0.4, -0.2) is 25.1 Å². The van der Waals surface area contributed by atoms with Gasteiger partial charge in [-0.05, 0) is 44.4 Å². The normalized spacial score (nSPS) is 11.3. The number of nitrogens with two attached hydrogens (primary N) is 1. The fraction of sp³-hybridized carbons (Fsp3) is 0.533. The average Bonchev–Trinajstić information content (AvgIpc) is 2.42. The third-order valence-corrected chi connectivity index (χ3v) is 2.96. The van der Waals surface area contributed by atoms with Gasteiger partial charge in [0.2, 0.25) is 0 Å². The zero-order valence-electron chi connectivity index (χ0n) is 12.2. The van der Waals surface area contributed by atoms with Gasteiger partial charge in [-0.2, -0.15) is 0 Å². The number of para-hydroxylation sites is 1. The van der Waals surface area contributed by atoms with E-state index in [4.69, 9.17) is 10.5 Å². The Hall–Kier alpha value is -1.26. The van der Waals surface area contributed by atoms with E-state index >= 15 is 0 Å². The summed E-state index contributed by atoms with van der Waals surface area (Å²) < 4.78 is 5.78. The number of benzene rings is 1. The molecular formula is C15H25ClN2O2. The number of amides is 1. The lowest BCUT2D eigenvalue weighted by Gasteiger charge is -2.18. The summed E-state index contributed by atoms with van der Waals surface area (Å²) in [5, 5.41) is 2.89. The Labute approximate surface area is 127 Å². The van der Waals surface area contributed by atoms with Gasteiger partial charge in [0.05, 0.1) is 0 Å². The number of carbonyl (C=O) groups excluding carboxylic acids is 1. The van der Waals surface area contributed by atoms with Crippen LogP contribution in [0.2, 0.25) is 0 Å². The molecule has 0 aromatic heterocycles. The lowest BCUT2D eigenvalue weighted by Crippen LogP contribution is -2.38. The van der Waals surface area contributed by atoms with Crippen LogP contribution in [0.1, 0.15) is 31.7 Å². The Kier molecular flexibility index (Phi) is 9.86. The second-order valence-electron chi connectivity index (χ2n) is 4.57. The molecule has 1 rings (SSSR count). The molecule has 4 nitrogen and oxygen atoms in total. The van der Waals surface area contributed by atoms with Crippen molar-refractivity contribution in [2.45, 2.75) is 39.2 Å². The fourth-order valence-corrected chi connectivity index (χ4v) is 1.76. The van der Waals surface area contributed by atoms with E-state index in [1.807, 2.05) is 38.1 Å². The highest BCUT2D eigenvalue weighted by Gasteiger charge is 2.18. The van der Waals surface area contributed by atoms with Gasteiger partial charge in [0.25, 0.3) is 5.91 Å². The number of rotatable bonds is 8.